The summed E-state index contributed by atoms with van der Waals surface area (Å²) in [6.07, 6.45) is 4.05. The molecular weight excluding hydrogens is 416 g/mol. The number of rotatable bonds is 6. The number of aromatic carboxylic acids is 1. The lowest BCUT2D eigenvalue weighted by atomic mass is 10.1. The lowest BCUT2D eigenvalue weighted by Gasteiger charge is -2.23. The Morgan fingerprint density at radius 1 is 1.27 bits per heavy atom. The number of benzene rings is 1. The Labute approximate surface area is 176 Å². The SMILES string of the molecule is O=C(O)c1cn(C2CC2)c2c(Cl)c(N3C[C@@H](CNC4CC4)[C@H](F)C3)c(F)cc2c1=O. The minimum Gasteiger partial charge on any atom is -0.477 e. The number of anilines is 1. The normalized spacial score (nSPS) is 24.0. The number of nitrogens with one attached hydrogen (secondary N) is 1. The zero-order valence-corrected chi connectivity index (χ0v) is 17.0. The van der Waals surface area contributed by atoms with E-state index in [-0.39, 0.29) is 34.6 Å². The molecular formula is C21H22ClF2N3O3. The molecule has 1 aromatic carbocycles. The number of halogens is 3. The van der Waals surface area contributed by atoms with Crippen LogP contribution in [0.1, 0.15) is 42.1 Å². The molecule has 9 heteroatoms. The minimum absolute atomic E-state index is 0.0185. The molecule has 0 bridgehead atoms. The summed E-state index contributed by atoms with van der Waals surface area (Å²) in [5.74, 6) is -2.36. The van der Waals surface area contributed by atoms with Crippen molar-refractivity contribution in [1.82, 2.24) is 9.88 Å². The highest BCUT2D eigenvalue weighted by Crippen LogP contribution is 2.43. The molecule has 1 aromatic heterocycles. The standard InChI is InChI=1S/C21H22ClF2N3O3/c22-17-18-13(20(28)14(21(29)30)8-27(18)12-3-4-12)5-15(23)19(17)26-7-10(16(24)9-26)6-25-11-1-2-11/h5,8,10-12,16,25H,1-4,6-7,9H2,(H,29,30)/t10-,16-/m1/s1. The van der Waals surface area contributed by atoms with Gasteiger partial charge in [-0.2, -0.15) is 0 Å². The number of nitrogens with zero attached hydrogens (tertiary/aromatic N) is 2. The molecule has 0 spiro atoms. The summed E-state index contributed by atoms with van der Waals surface area (Å²) in [6.45, 7) is 0.883. The summed E-state index contributed by atoms with van der Waals surface area (Å²) < 4.78 is 31.4. The van der Waals surface area contributed by atoms with Gasteiger partial charge in [-0.25, -0.2) is 13.6 Å². The molecule has 2 saturated carbocycles. The van der Waals surface area contributed by atoms with Crippen LogP contribution in [0.5, 0.6) is 0 Å². The molecule has 2 heterocycles. The highest BCUT2D eigenvalue weighted by molar-refractivity contribution is 6.38. The Morgan fingerprint density at radius 2 is 2.00 bits per heavy atom. The average Bonchev–Trinajstić information content (AvgIpc) is 3.60. The van der Waals surface area contributed by atoms with E-state index >= 15 is 4.39 Å². The van der Waals surface area contributed by atoms with E-state index in [1.165, 1.54) is 6.20 Å². The highest BCUT2D eigenvalue weighted by atomic mass is 35.5. The summed E-state index contributed by atoms with van der Waals surface area (Å²) in [7, 11) is 0. The second kappa shape index (κ2) is 7.20. The van der Waals surface area contributed by atoms with Crippen LogP contribution in [0.25, 0.3) is 10.9 Å². The van der Waals surface area contributed by atoms with Crippen molar-refractivity contribution in [2.24, 2.45) is 5.92 Å². The number of alkyl halides is 1. The minimum atomic E-state index is -1.36. The van der Waals surface area contributed by atoms with Crippen LogP contribution < -0.4 is 15.6 Å². The van der Waals surface area contributed by atoms with E-state index in [9.17, 15) is 19.1 Å². The van der Waals surface area contributed by atoms with Crippen LogP contribution >= 0.6 is 11.6 Å². The van der Waals surface area contributed by atoms with Crippen molar-refractivity contribution in [3.05, 3.63) is 38.9 Å². The van der Waals surface area contributed by atoms with Gasteiger partial charge in [0.25, 0.3) is 0 Å². The monoisotopic (exact) mass is 437 g/mol. The fourth-order valence-electron chi connectivity index (χ4n) is 4.33. The summed E-state index contributed by atoms with van der Waals surface area (Å²) in [6, 6.07) is 1.53. The van der Waals surface area contributed by atoms with E-state index in [0.29, 0.717) is 24.6 Å². The number of carboxylic acid groups (broad SMARTS) is 1. The lowest BCUT2D eigenvalue weighted by molar-refractivity contribution is 0.0695. The van der Waals surface area contributed by atoms with Gasteiger partial charge in [-0.15, -0.1) is 0 Å². The van der Waals surface area contributed by atoms with E-state index in [2.05, 4.69) is 5.32 Å². The van der Waals surface area contributed by atoms with Gasteiger partial charge in [0.2, 0.25) is 5.43 Å². The molecule has 2 aliphatic carbocycles. The number of hydrogen-bond acceptors (Lipinski definition) is 4. The Morgan fingerprint density at radius 3 is 2.63 bits per heavy atom. The predicted molar refractivity (Wildman–Crippen MR) is 110 cm³/mol. The topological polar surface area (TPSA) is 74.6 Å². The van der Waals surface area contributed by atoms with Gasteiger partial charge in [0.05, 0.1) is 21.6 Å². The molecule has 2 atom stereocenters. The largest absolute Gasteiger partial charge is 0.477 e. The van der Waals surface area contributed by atoms with Gasteiger partial charge < -0.3 is 19.9 Å². The van der Waals surface area contributed by atoms with Gasteiger partial charge in [-0.3, -0.25) is 4.79 Å². The van der Waals surface area contributed by atoms with Gasteiger partial charge in [0.1, 0.15) is 17.6 Å². The van der Waals surface area contributed by atoms with Gasteiger partial charge in [0, 0.05) is 43.8 Å². The lowest BCUT2D eigenvalue weighted by Crippen LogP contribution is -2.30. The van der Waals surface area contributed by atoms with Crippen LogP contribution in [0, 0.1) is 11.7 Å². The van der Waals surface area contributed by atoms with Crippen LogP contribution in [0.15, 0.2) is 17.1 Å². The Bertz CT molecular complexity index is 1100. The van der Waals surface area contributed by atoms with Gasteiger partial charge in [-0.1, -0.05) is 11.6 Å². The second-order valence-electron chi connectivity index (χ2n) is 8.60. The molecule has 0 radical (unpaired) electrons. The zero-order chi connectivity index (χ0) is 21.2. The molecule has 3 aliphatic rings. The molecule has 2 N–H and O–H groups in total. The molecule has 2 aromatic rings. The maximum Gasteiger partial charge on any atom is 0.341 e. The molecule has 0 amide bonds. The third-order valence-corrected chi connectivity index (χ3v) is 6.64. The first-order valence-electron chi connectivity index (χ1n) is 10.3. The van der Waals surface area contributed by atoms with Crippen molar-refractivity contribution >= 4 is 34.2 Å². The van der Waals surface area contributed by atoms with E-state index < -0.39 is 29.0 Å². The van der Waals surface area contributed by atoms with Crippen LogP contribution in [-0.2, 0) is 0 Å². The van der Waals surface area contributed by atoms with Gasteiger partial charge in [-0.05, 0) is 31.7 Å². The molecule has 6 nitrogen and oxygen atoms in total. The average molecular weight is 438 g/mol. The molecule has 30 heavy (non-hydrogen) atoms. The molecule has 1 saturated heterocycles. The zero-order valence-electron chi connectivity index (χ0n) is 16.2. The van der Waals surface area contributed by atoms with Crippen LogP contribution in [-0.4, -0.2) is 47.5 Å². The van der Waals surface area contributed by atoms with E-state index in [1.807, 2.05) is 0 Å². The van der Waals surface area contributed by atoms with Crippen molar-refractivity contribution in [3.8, 4) is 0 Å². The maximum absolute atomic E-state index is 15.1. The van der Waals surface area contributed by atoms with Gasteiger partial charge in [0.15, 0.2) is 0 Å². The fourth-order valence-corrected chi connectivity index (χ4v) is 4.74. The first-order valence-corrected chi connectivity index (χ1v) is 10.7. The number of carboxylic acids is 1. The van der Waals surface area contributed by atoms with Crippen LogP contribution in [0.4, 0.5) is 14.5 Å². The Balaban J connectivity index is 1.58. The predicted octanol–water partition coefficient (Wildman–Crippen LogP) is 3.35. The number of aromatic nitrogens is 1. The number of fused-ring (bicyclic) bond motifs is 1. The van der Waals surface area contributed by atoms with Crippen molar-refractivity contribution in [3.63, 3.8) is 0 Å². The van der Waals surface area contributed by atoms with E-state index in [1.54, 1.807) is 9.47 Å². The fraction of sp³-hybridized carbons (Fsp3) is 0.524. The quantitative estimate of drug-likeness (QED) is 0.725. The van der Waals surface area contributed by atoms with E-state index in [4.69, 9.17) is 11.6 Å². The molecule has 160 valence electrons. The van der Waals surface area contributed by atoms with Crippen LogP contribution in [0.3, 0.4) is 0 Å². The summed E-state index contributed by atoms with van der Waals surface area (Å²) in [5, 5.41) is 12.7. The van der Waals surface area contributed by atoms with Gasteiger partial charge >= 0.3 is 5.97 Å². The maximum atomic E-state index is 15.1. The number of hydrogen-bond donors (Lipinski definition) is 2. The van der Waals surface area contributed by atoms with Crippen molar-refractivity contribution in [2.45, 2.75) is 43.9 Å². The first-order chi connectivity index (χ1) is 14.3. The van der Waals surface area contributed by atoms with Crippen molar-refractivity contribution in [1.29, 1.82) is 0 Å². The second-order valence-corrected chi connectivity index (χ2v) is 8.97. The Kier molecular flexibility index (Phi) is 4.74. The highest BCUT2D eigenvalue weighted by Gasteiger charge is 2.37. The third kappa shape index (κ3) is 3.36. The molecule has 1 aliphatic heterocycles. The van der Waals surface area contributed by atoms with Crippen molar-refractivity contribution in [2.75, 3.05) is 24.5 Å². The summed E-state index contributed by atoms with van der Waals surface area (Å²) in [4.78, 5) is 25.8. The van der Waals surface area contributed by atoms with E-state index in [0.717, 1.165) is 31.7 Å². The number of pyridine rings is 1. The van der Waals surface area contributed by atoms with Crippen molar-refractivity contribution < 1.29 is 18.7 Å². The molecule has 5 rings (SSSR count). The number of carbonyl (C=O) groups is 1. The third-order valence-electron chi connectivity index (χ3n) is 6.28. The summed E-state index contributed by atoms with van der Waals surface area (Å²) in [5.41, 5.74) is -0.773. The first kappa shape index (κ1) is 19.8. The Hall–Kier alpha value is -2.19. The summed E-state index contributed by atoms with van der Waals surface area (Å²) >= 11 is 6.61. The molecule has 0 unspecified atom stereocenters. The van der Waals surface area contributed by atoms with Crippen LogP contribution in [0.2, 0.25) is 5.02 Å². The molecule has 3 fully saturated rings. The smallest absolute Gasteiger partial charge is 0.341 e.